The van der Waals surface area contributed by atoms with Gasteiger partial charge in [-0.2, -0.15) is 0 Å². The molecule has 4 heteroatoms. The maximum Gasteiger partial charge on any atom is 0.210 e. The fraction of sp³-hybridized carbons (Fsp3) is 0.0833. The summed E-state index contributed by atoms with van der Waals surface area (Å²) >= 11 is 4.78. The predicted octanol–water partition coefficient (Wildman–Crippen LogP) is 3.77. The molecule has 0 aliphatic carbocycles. The quantitative estimate of drug-likeness (QED) is 0.803. The van der Waals surface area contributed by atoms with E-state index in [1.54, 1.807) is 6.07 Å². The van der Waals surface area contributed by atoms with Gasteiger partial charge in [0, 0.05) is 4.47 Å². The maximum absolute atomic E-state index is 11.6. The molecule has 0 N–H and O–H groups in total. The van der Waals surface area contributed by atoms with Crippen molar-refractivity contribution in [3.8, 4) is 5.75 Å². The van der Waals surface area contributed by atoms with E-state index in [0.29, 0.717) is 5.75 Å². The number of Topliss-reactive ketones (excluding diaryl/α,β-unsaturated/α-hetero) is 1. The molecule has 2 aromatic rings. The van der Waals surface area contributed by atoms with Gasteiger partial charge in [-0.3, -0.25) is 4.79 Å². The molecule has 0 aliphatic heterocycles. The molecule has 0 saturated carbocycles. The molecule has 0 unspecified atom stereocenters. The average molecular weight is 297 g/mol. The van der Waals surface area contributed by atoms with Crippen molar-refractivity contribution < 1.29 is 9.53 Å². The number of thiophene rings is 1. The van der Waals surface area contributed by atoms with Crippen molar-refractivity contribution >= 4 is 33.0 Å². The number of rotatable bonds is 4. The summed E-state index contributed by atoms with van der Waals surface area (Å²) in [6.07, 6.45) is 0. The highest BCUT2D eigenvalue weighted by Gasteiger charge is 2.07. The van der Waals surface area contributed by atoms with Crippen LogP contribution in [-0.2, 0) is 0 Å². The zero-order valence-corrected chi connectivity index (χ0v) is 10.8. The average Bonchev–Trinajstić information content (AvgIpc) is 2.79. The largest absolute Gasteiger partial charge is 0.485 e. The molecule has 0 atom stereocenters. The fourth-order valence-corrected chi connectivity index (χ4v) is 2.24. The first-order chi connectivity index (χ1) is 7.75. The van der Waals surface area contributed by atoms with E-state index in [-0.39, 0.29) is 12.4 Å². The number of benzene rings is 1. The molecular formula is C12H9BrO2S. The monoisotopic (exact) mass is 296 g/mol. The molecule has 2 nitrogen and oxygen atoms in total. The standard InChI is InChI=1S/C12H9BrO2S/c13-9-3-1-4-10(7-9)15-8-11(14)12-5-2-6-16-12/h1-7H,8H2. The molecule has 0 spiro atoms. The molecule has 1 heterocycles. The van der Waals surface area contributed by atoms with E-state index in [9.17, 15) is 4.79 Å². The minimum absolute atomic E-state index is 0.00924. The highest BCUT2D eigenvalue weighted by molar-refractivity contribution is 9.10. The summed E-state index contributed by atoms with van der Waals surface area (Å²) in [5.41, 5.74) is 0. The van der Waals surface area contributed by atoms with Crippen molar-refractivity contribution in [2.45, 2.75) is 0 Å². The van der Waals surface area contributed by atoms with Crippen molar-refractivity contribution in [1.82, 2.24) is 0 Å². The molecule has 1 aromatic heterocycles. The molecule has 0 fully saturated rings. The third kappa shape index (κ3) is 2.93. The Morgan fingerprint density at radius 2 is 2.19 bits per heavy atom. The minimum Gasteiger partial charge on any atom is -0.485 e. The Morgan fingerprint density at radius 1 is 1.31 bits per heavy atom. The molecule has 2 rings (SSSR count). The molecule has 1 aromatic carbocycles. The Hall–Kier alpha value is -1.13. The lowest BCUT2D eigenvalue weighted by atomic mass is 10.3. The number of carbonyl (C=O) groups is 1. The van der Waals surface area contributed by atoms with Gasteiger partial charge in [-0.15, -0.1) is 11.3 Å². The van der Waals surface area contributed by atoms with Crippen LogP contribution in [0.5, 0.6) is 5.75 Å². The summed E-state index contributed by atoms with van der Waals surface area (Å²) in [6, 6.07) is 11.1. The van der Waals surface area contributed by atoms with Gasteiger partial charge in [0.2, 0.25) is 5.78 Å². The predicted molar refractivity (Wildman–Crippen MR) is 68.3 cm³/mol. The summed E-state index contributed by atoms with van der Waals surface area (Å²) in [7, 11) is 0. The summed E-state index contributed by atoms with van der Waals surface area (Å²) in [6.45, 7) is 0.0803. The van der Waals surface area contributed by atoms with E-state index in [0.717, 1.165) is 9.35 Å². The van der Waals surface area contributed by atoms with Gasteiger partial charge < -0.3 is 4.74 Å². The lowest BCUT2D eigenvalue weighted by Crippen LogP contribution is -2.09. The van der Waals surface area contributed by atoms with Gasteiger partial charge in [0.15, 0.2) is 6.61 Å². The van der Waals surface area contributed by atoms with Crippen molar-refractivity contribution in [2.24, 2.45) is 0 Å². The topological polar surface area (TPSA) is 26.3 Å². The fourth-order valence-electron chi connectivity index (χ4n) is 1.21. The number of hydrogen-bond donors (Lipinski definition) is 0. The van der Waals surface area contributed by atoms with Gasteiger partial charge in [-0.05, 0) is 29.6 Å². The number of halogens is 1. The Kier molecular flexibility index (Phi) is 3.74. The number of carbonyl (C=O) groups excluding carboxylic acids is 1. The van der Waals surface area contributed by atoms with Crippen molar-refractivity contribution in [2.75, 3.05) is 6.61 Å². The SMILES string of the molecule is O=C(COc1cccc(Br)c1)c1cccs1. The molecular weight excluding hydrogens is 288 g/mol. The van der Waals surface area contributed by atoms with Crippen LogP contribution in [0.15, 0.2) is 46.3 Å². The van der Waals surface area contributed by atoms with Crippen LogP contribution in [0.25, 0.3) is 0 Å². The van der Waals surface area contributed by atoms with Gasteiger partial charge in [0.25, 0.3) is 0 Å². The zero-order chi connectivity index (χ0) is 11.4. The lowest BCUT2D eigenvalue weighted by Gasteiger charge is -2.04. The summed E-state index contributed by atoms with van der Waals surface area (Å²) in [5.74, 6) is 0.703. The van der Waals surface area contributed by atoms with E-state index in [2.05, 4.69) is 15.9 Å². The number of ketones is 1. The van der Waals surface area contributed by atoms with E-state index in [1.807, 2.05) is 35.7 Å². The smallest absolute Gasteiger partial charge is 0.210 e. The third-order valence-electron chi connectivity index (χ3n) is 1.96. The molecule has 0 saturated heterocycles. The van der Waals surface area contributed by atoms with Crippen LogP contribution < -0.4 is 4.74 Å². The van der Waals surface area contributed by atoms with Crippen LogP contribution in [0.3, 0.4) is 0 Å². The van der Waals surface area contributed by atoms with Crippen LogP contribution in [-0.4, -0.2) is 12.4 Å². The Morgan fingerprint density at radius 3 is 2.88 bits per heavy atom. The van der Waals surface area contributed by atoms with Crippen LogP contribution >= 0.6 is 27.3 Å². The van der Waals surface area contributed by atoms with E-state index in [4.69, 9.17) is 4.74 Å². The van der Waals surface area contributed by atoms with E-state index < -0.39 is 0 Å². The van der Waals surface area contributed by atoms with Crippen LogP contribution in [0.2, 0.25) is 0 Å². The highest BCUT2D eigenvalue weighted by Crippen LogP contribution is 2.18. The second kappa shape index (κ2) is 5.27. The van der Waals surface area contributed by atoms with Gasteiger partial charge in [0.1, 0.15) is 5.75 Å². The molecule has 16 heavy (non-hydrogen) atoms. The zero-order valence-electron chi connectivity index (χ0n) is 8.35. The van der Waals surface area contributed by atoms with E-state index >= 15 is 0 Å². The van der Waals surface area contributed by atoms with Crippen molar-refractivity contribution in [1.29, 1.82) is 0 Å². The lowest BCUT2D eigenvalue weighted by molar-refractivity contribution is 0.0925. The first kappa shape index (κ1) is 11.4. The van der Waals surface area contributed by atoms with Crippen molar-refractivity contribution in [3.05, 3.63) is 51.1 Å². The third-order valence-corrected chi connectivity index (χ3v) is 3.37. The Bertz CT molecular complexity index is 480. The van der Waals surface area contributed by atoms with Crippen LogP contribution in [0.4, 0.5) is 0 Å². The first-order valence-electron chi connectivity index (χ1n) is 4.71. The number of ether oxygens (including phenoxy) is 1. The highest BCUT2D eigenvalue weighted by atomic mass is 79.9. The molecule has 0 bridgehead atoms. The normalized spacial score (nSPS) is 10.1. The second-order valence-electron chi connectivity index (χ2n) is 3.15. The van der Waals surface area contributed by atoms with Crippen LogP contribution in [0, 0.1) is 0 Å². The van der Waals surface area contributed by atoms with E-state index in [1.165, 1.54) is 11.3 Å². The van der Waals surface area contributed by atoms with Gasteiger partial charge in [-0.1, -0.05) is 28.1 Å². The summed E-state index contributed by atoms with van der Waals surface area (Å²) in [5, 5.41) is 1.88. The maximum atomic E-state index is 11.6. The first-order valence-corrected chi connectivity index (χ1v) is 6.38. The molecule has 0 radical (unpaired) electrons. The molecule has 0 amide bonds. The minimum atomic E-state index is 0.00924. The van der Waals surface area contributed by atoms with Gasteiger partial charge >= 0.3 is 0 Å². The summed E-state index contributed by atoms with van der Waals surface area (Å²) in [4.78, 5) is 12.4. The van der Waals surface area contributed by atoms with Gasteiger partial charge in [0.05, 0.1) is 4.88 Å². The Labute approximate surface area is 106 Å². The molecule has 0 aliphatic rings. The molecule has 82 valence electrons. The second-order valence-corrected chi connectivity index (χ2v) is 5.01. The number of hydrogen-bond acceptors (Lipinski definition) is 3. The van der Waals surface area contributed by atoms with Gasteiger partial charge in [-0.25, -0.2) is 0 Å². The summed E-state index contributed by atoms with van der Waals surface area (Å²) < 4.78 is 6.34. The van der Waals surface area contributed by atoms with Crippen molar-refractivity contribution in [3.63, 3.8) is 0 Å². The van der Waals surface area contributed by atoms with Crippen LogP contribution in [0.1, 0.15) is 9.67 Å². The Balaban J connectivity index is 1.95.